The predicted molar refractivity (Wildman–Crippen MR) is 213 cm³/mol. The highest BCUT2D eigenvalue weighted by molar-refractivity contribution is 5.93. The van der Waals surface area contributed by atoms with E-state index in [0.29, 0.717) is 33.9 Å². The number of rotatable bonds is 9. The van der Waals surface area contributed by atoms with Crippen LogP contribution in [0.15, 0.2) is 156 Å². The molecule has 10 heteroatoms. The Balaban J connectivity index is 1.08. The molecular formula is C44H34N8O2. The molecule has 0 aliphatic carbocycles. The fourth-order valence-electron chi connectivity index (χ4n) is 6.16. The van der Waals surface area contributed by atoms with Gasteiger partial charge in [0.15, 0.2) is 0 Å². The van der Waals surface area contributed by atoms with Gasteiger partial charge in [0, 0.05) is 45.8 Å². The van der Waals surface area contributed by atoms with E-state index in [1.807, 2.05) is 123 Å². The molecule has 0 saturated carbocycles. The average molecular weight is 707 g/mol. The van der Waals surface area contributed by atoms with Crippen LogP contribution >= 0.6 is 0 Å². The van der Waals surface area contributed by atoms with Crippen LogP contribution in [0.2, 0.25) is 0 Å². The number of nitrogens with zero attached hydrogens (tertiary/aromatic N) is 8. The average Bonchev–Trinajstić information content (AvgIpc) is 3.80. The lowest BCUT2D eigenvalue weighted by Crippen LogP contribution is -2.00. The number of benzene rings is 6. The van der Waals surface area contributed by atoms with Gasteiger partial charge in [0.1, 0.15) is 22.9 Å². The van der Waals surface area contributed by atoms with Crippen molar-refractivity contribution in [3.63, 3.8) is 0 Å². The van der Waals surface area contributed by atoms with Crippen molar-refractivity contribution < 1.29 is 10.2 Å². The molecule has 2 aromatic heterocycles. The van der Waals surface area contributed by atoms with E-state index >= 15 is 0 Å². The maximum Gasteiger partial charge on any atom is 0.124 e. The Labute approximate surface area is 311 Å². The zero-order chi connectivity index (χ0) is 37.0. The summed E-state index contributed by atoms with van der Waals surface area (Å²) in [6, 6.07) is 45.7. The third kappa shape index (κ3) is 6.91. The molecule has 6 aromatic carbocycles. The lowest BCUT2D eigenvalue weighted by Gasteiger charge is -2.10. The van der Waals surface area contributed by atoms with Crippen molar-refractivity contribution in [3.05, 3.63) is 168 Å². The Bertz CT molecular complexity index is 2480. The summed E-state index contributed by atoms with van der Waals surface area (Å²) < 4.78 is 0. The third-order valence-corrected chi connectivity index (χ3v) is 8.93. The van der Waals surface area contributed by atoms with Gasteiger partial charge in [0.05, 0.1) is 34.1 Å². The molecule has 10 nitrogen and oxygen atoms in total. The normalized spacial score (nSPS) is 11.5. The number of hydrogen-bond donors (Lipinski definition) is 2. The number of para-hydroxylation sites is 2. The summed E-state index contributed by atoms with van der Waals surface area (Å²) >= 11 is 0. The molecule has 262 valence electrons. The van der Waals surface area contributed by atoms with Crippen molar-refractivity contribution >= 4 is 23.8 Å². The fraction of sp³-hybridized carbons (Fsp3) is 0.0455. The van der Waals surface area contributed by atoms with Crippen LogP contribution in [0, 0.1) is 13.8 Å². The van der Waals surface area contributed by atoms with Crippen molar-refractivity contribution in [1.29, 1.82) is 0 Å². The van der Waals surface area contributed by atoms with Crippen LogP contribution in [-0.2, 0) is 0 Å². The van der Waals surface area contributed by atoms with Gasteiger partial charge in [0.2, 0.25) is 0 Å². The number of aromatic hydroxyl groups is 2. The van der Waals surface area contributed by atoms with Gasteiger partial charge in [-0.2, -0.15) is 19.8 Å². The molecule has 0 fully saturated rings. The molecule has 54 heavy (non-hydrogen) atoms. The number of aryl methyl sites for hydroxylation is 2. The largest absolute Gasteiger partial charge is 0.507 e. The van der Waals surface area contributed by atoms with Crippen LogP contribution in [0.1, 0.15) is 22.5 Å². The van der Waals surface area contributed by atoms with E-state index < -0.39 is 0 Å². The van der Waals surface area contributed by atoms with Crippen molar-refractivity contribution in [1.82, 2.24) is 30.0 Å². The van der Waals surface area contributed by atoms with Gasteiger partial charge in [-0.1, -0.05) is 97.1 Å². The Morgan fingerprint density at radius 3 is 1.28 bits per heavy atom. The summed E-state index contributed by atoms with van der Waals surface area (Å²) in [6.45, 7) is 3.85. The van der Waals surface area contributed by atoms with Crippen LogP contribution in [0.25, 0.3) is 45.0 Å². The van der Waals surface area contributed by atoms with Crippen molar-refractivity contribution in [3.8, 4) is 56.5 Å². The third-order valence-electron chi connectivity index (χ3n) is 8.93. The van der Waals surface area contributed by atoms with Gasteiger partial charge >= 0.3 is 0 Å². The van der Waals surface area contributed by atoms with Gasteiger partial charge in [-0.25, -0.2) is 0 Å². The number of phenolic OH excluding ortho intramolecular Hbond substituents is 2. The van der Waals surface area contributed by atoms with Crippen LogP contribution in [0.5, 0.6) is 11.5 Å². The van der Waals surface area contributed by atoms with E-state index in [0.717, 1.165) is 45.0 Å². The summed E-state index contributed by atoms with van der Waals surface area (Å²) in [5.74, 6) is 0.159. The van der Waals surface area contributed by atoms with E-state index in [2.05, 4.69) is 10.2 Å². The highest BCUT2D eigenvalue weighted by Crippen LogP contribution is 2.37. The smallest absolute Gasteiger partial charge is 0.124 e. The first-order chi connectivity index (χ1) is 26.4. The molecule has 0 bridgehead atoms. The molecule has 0 aliphatic heterocycles. The van der Waals surface area contributed by atoms with Gasteiger partial charge < -0.3 is 10.2 Å². The topological polar surface area (TPSA) is 127 Å². The monoisotopic (exact) mass is 706 g/mol. The molecule has 8 aromatic rings. The maximum absolute atomic E-state index is 10.8. The van der Waals surface area contributed by atoms with Crippen LogP contribution in [-0.4, -0.2) is 52.6 Å². The summed E-state index contributed by atoms with van der Waals surface area (Å²) in [7, 11) is 0. The van der Waals surface area contributed by atoms with E-state index in [1.165, 1.54) is 0 Å². The molecule has 0 radical (unpaired) electrons. The predicted octanol–water partition coefficient (Wildman–Crippen LogP) is 9.38. The SMILES string of the molecule is Cc1nn(-c2ccc(O)c(C=Nc3ccccc3-c3ccccc3N=Cc3cc(-n4nc(C)c(-c5ccccc5)n4)ccc3O)c2)nc1-c1ccccc1. The van der Waals surface area contributed by atoms with Crippen LogP contribution in [0.4, 0.5) is 11.4 Å². The highest BCUT2D eigenvalue weighted by atomic mass is 16.3. The Kier molecular flexibility index (Phi) is 9.13. The lowest BCUT2D eigenvalue weighted by atomic mass is 10.0. The second kappa shape index (κ2) is 14.6. The van der Waals surface area contributed by atoms with Gasteiger partial charge in [-0.15, -0.1) is 10.2 Å². The van der Waals surface area contributed by atoms with Gasteiger partial charge in [-0.05, 0) is 62.4 Å². The number of aliphatic imine (C=N–C) groups is 2. The number of aromatic nitrogens is 6. The van der Waals surface area contributed by atoms with Gasteiger partial charge in [-0.3, -0.25) is 9.98 Å². The molecule has 0 unspecified atom stereocenters. The molecule has 2 N–H and O–H groups in total. The maximum atomic E-state index is 10.8. The Morgan fingerprint density at radius 1 is 0.463 bits per heavy atom. The van der Waals surface area contributed by atoms with E-state index in [9.17, 15) is 10.2 Å². The molecule has 0 aliphatic rings. The van der Waals surface area contributed by atoms with E-state index in [4.69, 9.17) is 20.2 Å². The van der Waals surface area contributed by atoms with Crippen molar-refractivity contribution in [2.45, 2.75) is 13.8 Å². The Hall–Kier alpha value is -7.46. The minimum Gasteiger partial charge on any atom is -0.507 e. The fourth-order valence-corrected chi connectivity index (χ4v) is 6.16. The van der Waals surface area contributed by atoms with Gasteiger partial charge in [0.25, 0.3) is 0 Å². The van der Waals surface area contributed by atoms with Crippen LogP contribution in [0.3, 0.4) is 0 Å². The summed E-state index contributed by atoms with van der Waals surface area (Å²) in [5, 5.41) is 40.3. The highest BCUT2D eigenvalue weighted by Gasteiger charge is 2.14. The standard InChI is InChI=1S/C44H34N8O2/c1-29-43(31-13-5-3-6-14-31)49-51(47-29)35-21-23-41(53)33(25-35)27-45-39-19-11-9-17-37(39)38-18-10-12-20-40(38)46-28-34-26-36(22-24-42(34)54)52-48-30(2)44(50-52)32-15-7-4-8-16-32/h3-28,53-54H,1-2H3. The van der Waals surface area contributed by atoms with Crippen LogP contribution < -0.4 is 0 Å². The summed E-state index contributed by atoms with van der Waals surface area (Å²) in [6.07, 6.45) is 3.27. The van der Waals surface area contributed by atoms with E-state index in [-0.39, 0.29) is 11.5 Å². The Morgan fingerprint density at radius 2 is 0.852 bits per heavy atom. The molecule has 0 spiro atoms. The minimum absolute atomic E-state index is 0.0796. The molecule has 0 saturated heterocycles. The zero-order valence-electron chi connectivity index (χ0n) is 29.5. The first kappa shape index (κ1) is 33.7. The van der Waals surface area contributed by atoms with Crippen molar-refractivity contribution in [2.24, 2.45) is 9.98 Å². The van der Waals surface area contributed by atoms with Crippen molar-refractivity contribution in [2.75, 3.05) is 0 Å². The molecule has 0 atom stereocenters. The second-order valence-corrected chi connectivity index (χ2v) is 12.6. The second-order valence-electron chi connectivity index (χ2n) is 12.6. The summed E-state index contributed by atoms with van der Waals surface area (Å²) in [5.41, 5.74) is 10.6. The number of phenols is 2. The quantitative estimate of drug-likeness (QED) is 0.144. The molecule has 8 rings (SSSR count). The lowest BCUT2D eigenvalue weighted by molar-refractivity contribution is 0.473. The number of hydrogen-bond acceptors (Lipinski definition) is 8. The first-order valence-electron chi connectivity index (χ1n) is 17.3. The molecule has 2 heterocycles. The first-order valence-corrected chi connectivity index (χ1v) is 17.3. The zero-order valence-corrected chi connectivity index (χ0v) is 29.5. The molecular weight excluding hydrogens is 673 g/mol. The van der Waals surface area contributed by atoms with E-state index in [1.54, 1.807) is 58.4 Å². The molecule has 0 amide bonds. The minimum atomic E-state index is 0.0796. The summed E-state index contributed by atoms with van der Waals surface area (Å²) in [4.78, 5) is 12.8.